The largest absolute Gasteiger partial charge is 0.492 e. The number of fused-ring (bicyclic) bond motifs is 1. The summed E-state index contributed by atoms with van der Waals surface area (Å²) in [4.78, 5) is 50.6. The summed E-state index contributed by atoms with van der Waals surface area (Å²) in [6, 6.07) is 2.23. The topological polar surface area (TPSA) is 160 Å². The van der Waals surface area contributed by atoms with Crippen LogP contribution in [0, 0.1) is 0 Å². The molecule has 5 rings (SSSR count). The number of hydrogen-bond donors (Lipinski definition) is 3. The van der Waals surface area contributed by atoms with Crippen LogP contribution in [0.1, 0.15) is 45.2 Å². The van der Waals surface area contributed by atoms with Gasteiger partial charge in [-0.2, -0.15) is 0 Å². The zero-order chi connectivity index (χ0) is 29.8. The van der Waals surface area contributed by atoms with Gasteiger partial charge in [0.15, 0.2) is 35.5 Å². The van der Waals surface area contributed by atoms with Crippen molar-refractivity contribution in [2.45, 2.75) is 69.2 Å². The predicted molar refractivity (Wildman–Crippen MR) is 156 cm³/mol. The molecule has 2 aliphatic heterocycles. The number of nitrogens with one attached hydrogen (secondary N) is 1. The van der Waals surface area contributed by atoms with Gasteiger partial charge in [-0.05, 0) is 45.6 Å². The van der Waals surface area contributed by atoms with E-state index in [-0.39, 0.29) is 46.5 Å². The van der Waals surface area contributed by atoms with E-state index in [9.17, 15) is 19.5 Å². The van der Waals surface area contributed by atoms with E-state index in [1.54, 1.807) is 5.38 Å². The van der Waals surface area contributed by atoms with Gasteiger partial charge in [0.05, 0.1) is 5.75 Å². The Balaban J connectivity index is 1.26. The third-order valence-electron chi connectivity index (χ3n) is 7.16. The van der Waals surface area contributed by atoms with Gasteiger partial charge in [0.25, 0.3) is 11.8 Å². The minimum atomic E-state index is -1.27. The molecule has 12 nitrogen and oxygen atoms in total. The van der Waals surface area contributed by atoms with Crippen molar-refractivity contribution < 1.29 is 33.6 Å². The predicted octanol–water partition coefficient (Wildman–Crippen LogP) is 2.46. The number of thioether (sulfide) groups is 1. The number of amides is 2. The van der Waals surface area contributed by atoms with Crippen molar-refractivity contribution in [1.82, 2.24) is 15.2 Å². The van der Waals surface area contributed by atoms with Gasteiger partial charge in [0.1, 0.15) is 36.2 Å². The second kappa shape index (κ2) is 12.9. The first kappa shape index (κ1) is 29.6. The molecular weight excluding hydrogens is 580 g/mol. The summed E-state index contributed by atoms with van der Waals surface area (Å²) >= 11 is 2.57. The zero-order valence-electron chi connectivity index (χ0n) is 23.3. The summed E-state index contributed by atoms with van der Waals surface area (Å²) in [5.41, 5.74) is 6.94. The molecule has 0 bridgehead atoms. The molecule has 2 amide bonds. The number of anilines is 1. The molecule has 2 fully saturated rings. The van der Waals surface area contributed by atoms with E-state index in [2.05, 4.69) is 21.5 Å². The second-order valence-corrected chi connectivity index (χ2v) is 12.4. The maximum atomic E-state index is 13.3. The summed E-state index contributed by atoms with van der Waals surface area (Å²) in [7, 11) is 0. The Bertz CT molecular complexity index is 1440. The molecule has 2 aromatic heterocycles. The number of nitrogens with zero attached hydrogens (tertiary/aromatic N) is 4. The molecule has 1 saturated heterocycles. The molecule has 4 N–H and O–H groups in total. The monoisotopic (exact) mass is 613 g/mol. The van der Waals surface area contributed by atoms with E-state index >= 15 is 0 Å². The van der Waals surface area contributed by atoms with Crippen LogP contribution < -0.4 is 15.6 Å². The highest BCUT2D eigenvalue weighted by atomic mass is 32.2. The number of allylic oxidation sites excluding steroid dienone is 2. The van der Waals surface area contributed by atoms with E-state index in [1.165, 1.54) is 22.2 Å². The van der Waals surface area contributed by atoms with Crippen molar-refractivity contribution in [3.63, 3.8) is 0 Å². The lowest BCUT2D eigenvalue weighted by molar-refractivity contribution is -0.687. The summed E-state index contributed by atoms with van der Waals surface area (Å²) in [5.74, 6) is -2.04. The Labute approximate surface area is 251 Å². The van der Waals surface area contributed by atoms with Gasteiger partial charge >= 0.3 is 5.97 Å². The summed E-state index contributed by atoms with van der Waals surface area (Å²) < 4.78 is 7.89. The average Bonchev–Trinajstić information content (AvgIpc) is 3.65. The van der Waals surface area contributed by atoms with Crippen LogP contribution in [0.2, 0.25) is 0 Å². The van der Waals surface area contributed by atoms with Crippen molar-refractivity contribution in [3.8, 4) is 0 Å². The van der Waals surface area contributed by atoms with Crippen LogP contribution in [0.25, 0.3) is 0 Å². The molecule has 1 saturated carbocycles. The summed E-state index contributed by atoms with van der Waals surface area (Å²) in [6.07, 6.45) is 9.69. The molecule has 0 radical (unpaired) electrons. The maximum Gasteiger partial charge on any atom is 0.356 e. The highest BCUT2D eigenvalue weighted by Crippen LogP contribution is 2.35. The molecule has 0 spiro atoms. The number of nitrogens with two attached hydrogens (primary N) is 1. The third kappa shape index (κ3) is 6.59. The highest BCUT2D eigenvalue weighted by Gasteiger charge is 2.55. The molecule has 4 heterocycles. The van der Waals surface area contributed by atoms with Crippen LogP contribution in [-0.4, -0.2) is 69.0 Å². The van der Waals surface area contributed by atoms with E-state index < -0.39 is 29.9 Å². The summed E-state index contributed by atoms with van der Waals surface area (Å²) in [6.45, 7) is 4.89. The number of carbonyl (C=O) groups is 3. The lowest BCUT2D eigenvalue weighted by atomic mass is 9.92. The first-order chi connectivity index (χ1) is 20.2. The van der Waals surface area contributed by atoms with Crippen molar-refractivity contribution in [2.24, 2.45) is 5.16 Å². The minimum absolute atomic E-state index is 0.0373. The number of carboxylic acid groups (broad SMARTS) is 1. The number of oxime groups is 1. The fraction of sp³-hybridized carbons (Fsp3) is 0.429. The second-order valence-electron chi connectivity index (χ2n) is 10.4. The number of hydrogen-bond acceptors (Lipinski definition) is 10. The van der Waals surface area contributed by atoms with Gasteiger partial charge in [-0.3, -0.25) is 14.5 Å². The number of pyridine rings is 1. The number of β-lactam (4-membered cyclic amide) rings is 1. The average molecular weight is 614 g/mol. The number of carbonyl (C=O) groups excluding carboxylic acids is 2. The fourth-order valence-corrected chi connectivity index (χ4v) is 6.28. The molecule has 14 heteroatoms. The number of carboxylic acids is 1. The van der Waals surface area contributed by atoms with Gasteiger partial charge < -0.3 is 25.7 Å². The molecule has 222 valence electrons. The standard InChI is InChI=1S/C28H32N6O6S2/c1-16(2)7-10-33-11-8-18(9-12-33)41-15-21-24(27(37)38)34-20(13-39-21)23(26(34)36)31-25(35)22(19-14-42-28(29)30-19)32-40-17-5-3-4-6-17/h7-9,11-12,14,17,20,23H,3-6,10,13,15H2,1-2H3,(H3-,29,30,31,35,37,38)/p+1/b32-22-/t20-,23+/m1/s1. The smallest absolute Gasteiger partial charge is 0.356 e. The maximum absolute atomic E-state index is 13.3. The van der Waals surface area contributed by atoms with Crippen molar-refractivity contribution in [3.05, 3.63) is 58.7 Å². The van der Waals surface area contributed by atoms with Crippen LogP contribution in [0.3, 0.4) is 0 Å². The van der Waals surface area contributed by atoms with E-state index in [1.807, 2.05) is 42.9 Å². The van der Waals surface area contributed by atoms with Gasteiger partial charge in [-0.1, -0.05) is 10.7 Å². The molecule has 0 unspecified atom stereocenters. The fourth-order valence-electron chi connectivity index (χ4n) is 4.90. The van der Waals surface area contributed by atoms with E-state index in [4.69, 9.17) is 15.3 Å². The molecule has 2 atom stereocenters. The van der Waals surface area contributed by atoms with Crippen LogP contribution in [0.5, 0.6) is 0 Å². The number of rotatable bonds is 11. The first-order valence-corrected chi connectivity index (χ1v) is 15.5. The Hall–Kier alpha value is -3.91. The van der Waals surface area contributed by atoms with Crippen molar-refractivity contribution in [2.75, 3.05) is 18.1 Å². The molecule has 1 aliphatic carbocycles. The van der Waals surface area contributed by atoms with Crippen LogP contribution in [0.4, 0.5) is 5.13 Å². The van der Waals surface area contributed by atoms with Crippen LogP contribution in [0.15, 0.2) is 63.1 Å². The molecule has 2 aromatic rings. The quantitative estimate of drug-likeness (QED) is 0.0864. The van der Waals surface area contributed by atoms with Gasteiger partial charge in [0, 0.05) is 22.4 Å². The molecular formula is C28H33N6O6S2+. The van der Waals surface area contributed by atoms with E-state index in [0.717, 1.165) is 48.5 Å². The SMILES string of the molecule is CC(C)=CC[n+]1ccc(SCC2=C(C(=O)O)N3C(=O)[C@@H](NC(=O)/C(=N\OC4CCCC4)c4csc(N)n4)[C@H]3CO2)cc1. The Kier molecular flexibility index (Phi) is 9.12. The lowest BCUT2D eigenvalue weighted by Crippen LogP contribution is -2.73. The van der Waals surface area contributed by atoms with Crippen LogP contribution in [-0.2, 0) is 30.5 Å². The Morgan fingerprint density at radius 2 is 2.07 bits per heavy atom. The highest BCUT2D eigenvalue weighted by molar-refractivity contribution is 7.99. The molecule has 3 aliphatic rings. The van der Waals surface area contributed by atoms with Crippen LogP contribution >= 0.6 is 23.1 Å². The van der Waals surface area contributed by atoms with Gasteiger partial charge in [-0.25, -0.2) is 14.3 Å². The number of aromatic nitrogens is 2. The normalized spacial score (nSPS) is 20.5. The first-order valence-electron chi connectivity index (χ1n) is 13.6. The summed E-state index contributed by atoms with van der Waals surface area (Å²) in [5, 5.41) is 18.6. The van der Waals surface area contributed by atoms with Gasteiger partial charge in [0.2, 0.25) is 0 Å². The van der Waals surface area contributed by atoms with Crippen molar-refractivity contribution >= 4 is 51.7 Å². The molecule has 0 aromatic carbocycles. The number of nitrogen functional groups attached to an aromatic ring is 1. The number of aliphatic carboxylic acids is 1. The zero-order valence-corrected chi connectivity index (χ0v) is 25.0. The van der Waals surface area contributed by atoms with Gasteiger partial charge in [-0.15, -0.1) is 23.1 Å². The molecule has 42 heavy (non-hydrogen) atoms. The van der Waals surface area contributed by atoms with E-state index in [0.29, 0.717) is 0 Å². The number of thiazole rings is 1. The number of ether oxygens (including phenoxy) is 1. The minimum Gasteiger partial charge on any atom is -0.492 e. The van der Waals surface area contributed by atoms with Crippen molar-refractivity contribution in [1.29, 1.82) is 0 Å². The Morgan fingerprint density at radius 3 is 2.71 bits per heavy atom. The Morgan fingerprint density at radius 1 is 1.33 bits per heavy atom. The lowest BCUT2D eigenvalue weighted by Gasteiger charge is -2.49. The third-order valence-corrected chi connectivity index (χ3v) is 8.84.